The molecule has 0 saturated carbocycles. The summed E-state index contributed by atoms with van der Waals surface area (Å²) in [5.74, 6) is 0.613. The van der Waals surface area contributed by atoms with Crippen LogP contribution in [0.4, 0.5) is 10.1 Å². The smallest absolute Gasteiger partial charge is 0.137 e. The van der Waals surface area contributed by atoms with Crippen molar-refractivity contribution >= 4 is 17.3 Å². The van der Waals surface area contributed by atoms with E-state index >= 15 is 0 Å². The Balaban J connectivity index is 2.68. The maximum Gasteiger partial charge on any atom is 0.137 e. The molecule has 0 fully saturated rings. The lowest BCUT2D eigenvalue weighted by molar-refractivity contribution is 0.235. The molecule has 15 heavy (non-hydrogen) atoms. The van der Waals surface area contributed by atoms with Gasteiger partial charge in [0.25, 0.3) is 0 Å². The normalized spacial score (nSPS) is 11.3. The summed E-state index contributed by atoms with van der Waals surface area (Å²) in [7, 11) is 1.55. The molecule has 0 bridgehead atoms. The van der Waals surface area contributed by atoms with Gasteiger partial charge in [-0.1, -0.05) is 11.6 Å². The lowest BCUT2D eigenvalue weighted by atomic mass is 10.1. The van der Waals surface area contributed by atoms with Crippen LogP contribution in [0.2, 0.25) is 5.02 Å². The third-order valence-electron chi connectivity index (χ3n) is 1.86. The van der Waals surface area contributed by atoms with Crippen molar-refractivity contribution in [1.82, 2.24) is 0 Å². The molecule has 1 aromatic carbocycles. The minimum Gasteiger partial charge on any atom is -0.495 e. The fourth-order valence-electron chi connectivity index (χ4n) is 1.09. The number of methoxy groups -OCH3 is 1. The summed E-state index contributed by atoms with van der Waals surface area (Å²) in [5.41, 5.74) is -0.460. The SMILES string of the molecule is COc1ccc(NCC(C)(C)F)cc1Cl. The molecule has 1 N–H and O–H groups in total. The molecule has 0 aliphatic carbocycles. The molecule has 2 nitrogen and oxygen atoms in total. The summed E-state index contributed by atoms with van der Waals surface area (Å²) >= 11 is 5.92. The summed E-state index contributed by atoms with van der Waals surface area (Å²) in [6.07, 6.45) is 0. The Morgan fingerprint density at radius 2 is 2.13 bits per heavy atom. The first-order valence-corrected chi connectivity index (χ1v) is 5.06. The molecule has 0 unspecified atom stereocenters. The zero-order chi connectivity index (χ0) is 11.5. The molecule has 0 spiro atoms. The largest absolute Gasteiger partial charge is 0.495 e. The van der Waals surface area contributed by atoms with E-state index in [1.807, 2.05) is 0 Å². The van der Waals surface area contributed by atoms with Gasteiger partial charge in [0.1, 0.15) is 11.4 Å². The number of anilines is 1. The first-order chi connectivity index (χ1) is 6.92. The Morgan fingerprint density at radius 3 is 2.60 bits per heavy atom. The summed E-state index contributed by atoms with van der Waals surface area (Å²) in [6, 6.07) is 5.26. The minimum atomic E-state index is -1.24. The molecule has 1 aromatic rings. The highest BCUT2D eigenvalue weighted by Crippen LogP contribution is 2.27. The van der Waals surface area contributed by atoms with Crippen molar-refractivity contribution in [3.63, 3.8) is 0 Å². The van der Waals surface area contributed by atoms with Gasteiger partial charge in [-0.15, -0.1) is 0 Å². The van der Waals surface area contributed by atoms with E-state index in [-0.39, 0.29) is 6.54 Å². The van der Waals surface area contributed by atoms with Crippen LogP contribution in [0.5, 0.6) is 5.75 Å². The van der Waals surface area contributed by atoms with E-state index in [0.717, 1.165) is 5.69 Å². The molecule has 1 rings (SSSR count). The molecule has 0 aliphatic heterocycles. The van der Waals surface area contributed by atoms with Crippen molar-refractivity contribution < 1.29 is 9.13 Å². The fraction of sp³-hybridized carbons (Fsp3) is 0.455. The van der Waals surface area contributed by atoms with Gasteiger partial charge in [0.15, 0.2) is 0 Å². The lowest BCUT2D eigenvalue weighted by Gasteiger charge is -2.16. The summed E-state index contributed by atoms with van der Waals surface area (Å²) in [6.45, 7) is 3.28. The van der Waals surface area contributed by atoms with Crippen LogP contribution in [-0.2, 0) is 0 Å². The van der Waals surface area contributed by atoms with Crippen LogP contribution in [0.15, 0.2) is 18.2 Å². The lowest BCUT2D eigenvalue weighted by Crippen LogP contribution is -2.24. The molecule has 0 aliphatic rings. The maximum absolute atomic E-state index is 13.2. The molecule has 0 saturated heterocycles. The minimum absolute atomic E-state index is 0.246. The van der Waals surface area contributed by atoms with Crippen LogP contribution in [0.25, 0.3) is 0 Å². The van der Waals surface area contributed by atoms with E-state index in [9.17, 15) is 4.39 Å². The highest BCUT2D eigenvalue weighted by Gasteiger charge is 2.14. The highest BCUT2D eigenvalue weighted by atomic mass is 35.5. The Kier molecular flexibility index (Phi) is 3.80. The third kappa shape index (κ3) is 3.96. The molecular weight excluding hydrogens is 217 g/mol. The van der Waals surface area contributed by atoms with Crippen molar-refractivity contribution in [1.29, 1.82) is 0 Å². The molecule has 0 radical (unpaired) electrons. The number of ether oxygens (including phenoxy) is 1. The van der Waals surface area contributed by atoms with Crippen LogP contribution < -0.4 is 10.1 Å². The average molecular weight is 232 g/mol. The van der Waals surface area contributed by atoms with Crippen LogP contribution in [0.1, 0.15) is 13.8 Å². The van der Waals surface area contributed by atoms with E-state index in [1.54, 1.807) is 25.3 Å². The van der Waals surface area contributed by atoms with Crippen LogP contribution in [-0.4, -0.2) is 19.3 Å². The van der Waals surface area contributed by atoms with Gasteiger partial charge in [-0.3, -0.25) is 0 Å². The number of hydrogen-bond donors (Lipinski definition) is 1. The van der Waals surface area contributed by atoms with E-state index in [0.29, 0.717) is 10.8 Å². The first-order valence-electron chi connectivity index (χ1n) is 4.69. The fourth-order valence-corrected chi connectivity index (χ4v) is 1.35. The Hall–Kier alpha value is -0.960. The van der Waals surface area contributed by atoms with Crippen LogP contribution >= 0.6 is 11.6 Å². The van der Waals surface area contributed by atoms with Gasteiger partial charge < -0.3 is 10.1 Å². The maximum atomic E-state index is 13.2. The van der Waals surface area contributed by atoms with Crippen LogP contribution in [0.3, 0.4) is 0 Å². The number of benzene rings is 1. The van der Waals surface area contributed by atoms with Crippen molar-refractivity contribution in [3.8, 4) is 5.75 Å². The number of hydrogen-bond acceptors (Lipinski definition) is 2. The van der Waals surface area contributed by atoms with Gasteiger partial charge in [-0.2, -0.15) is 0 Å². The van der Waals surface area contributed by atoms with E-state index in [2.05, 4.69) is 5.32 Å². The zero-order valence-electron chi connectivity index (χ0n) is 9.10. The second kappa shape index (κ2) is 4.71. The summed E-state index contributed by atoms with van der Waals surface area (Å²) in [5, 5.41) is 3.47. The summed E-state index contributed by atoms with van der Waals surface area (Å²) < 4.78 is 18.2. The predicted octanol–water partition coefficient (Wildman–Crippen LogP) is 3.51. The summed E-state index contributed by atoms with van der Waals surface area (Å²) in [4.78, 5) is 0. The molecule has 4 heteroatoms. The predicted molar refractivity (Wildman–Crippen MR) is 61.7 cm³/mol. The van der Waals surface area contributed by atoms with Crippen molar-refractivity contribution in [2.75, 3.05) is 19.0 Å². The molecule has 0 amide bonds. The third-order valence-corrected chi connectivity index (χ3v) is 2.16. The number of halogens is 2. The Morgan fingerprint density at radius 1 is 1.47 bits per heavy atom. The highest BCUT2D eigenvalue weighted by molar-refractivity contribution is 6.32. The average Bonchev–Trinajstić information content (AvgIpc) is 2.14. The van der Waals surface area contributed by atoms with Gasteiger partial charge >= 0.3 is 0 Å². The van der Waals surface area contributed by atoms with Crippen molar-refractivity contribution in [2.45, 2.75) is 19.5 Å². The number of alkyl halides is 1. The van der Waals surface area contributed by atoms with Gasteiger partial charge in [0, 0.05) is 12.2 Å². The van der Waals surface area contributed by atoms with Gasteiger partial charge in [0.2, 0.25) is 0 Å². The first kappa shape index (κ1) is 12.1. The topological polar surface area (TPSA) is 21.3 Å². The van der Waals surface area contributed by atoms with Crippen LogP contribution in [0, 0.1) is 0 Å². The number of rotatable bonds is 4. The Bertz CT molecular complexity index is 336. The van der Waals surface area contributed by atoms with Gasteiger partial charge in [0.05, 0.1) is 12.1 Å². The van der Waals surface area contributed by atoms with E-state index in [1.165, 1.54) is 13.8 Å². The Labute approximate surface area is 94.4 Å². The van der Waals surface area contributed by atoms with Crippen molar-refractivity contribution in [2.24, 2.45) is 0 Å². The second-order valence-electron chi connectivity index (χ2n) is 3.92. The number of nitrogens with one attached hydrogen (secondary N) is 1. The molecular formula is C11H15ClFNO. The molecule has 84 valence electrons. The quantitative estimate of drug-likeness (QED) is 0.856. The molecule has 0 aromatic heterocycles. The second-order valence-corrected chi connectivity index (χ2v) is 4.33. The van der Waals surface area contributed by atoms with Crippen molar-refractivity contribution in [3.05, 3.63) is 23.2 Å². The molecule has 0 heterocycles. The monoisotopic (exact) mass is 231 g/mol. The standard InChI is InChI=1S/C11H15ClFNO/c1-11(2,13)7-14-8-4-5-10(15-3)9(12)6-8/h4-6,14H,7H2,1-3H3. The van der Waals surface area contributed by atoms with Gasteiger partial charge in [-0.05, 0) is 32.0 Å². The molecule has 0 atom stereocenters. The van der Waals surface area contributed by atoms with E-state index in [4.69, 9.17) is 16.3 Å². The van der Waals surface area contributed by atoms with Gasteiger partial charge in [-0.25, -0.2) is 4.39 Å². The zero-order valence-corrected chi connectivity index (χ0v) is 9.86. The van der Waals surface area contributed by atoms with E-state index < -0.39 is 5.67 Å².